The van der Waals surface area contributed by atoms with Crippen LogP contribution in [0.25, 0.3) is 0 Å². The van der Waals surface area contributed by atoms with Crippen LogP contribution in [0.2, 0.25) is 0 Å². The fourth-order valence-corrected chi connectivity index (χ4v) is 2.05. The van der Waals surface area contributed by atoms with Crippen LogP contribution in [0.3, 0.4) is 0 Å². The minimum absolute atomic E-state index is 0.0900. The molecule has 16 heavy (non-hydrogen) atoms. The summed E-state index contributed by atoms with van der Waals surface area (Å²) in [7, 11) is 1.11. The van der Waals surface area contributed by atoms with Crippen LogP contribution < -0.4 is 0 Å². The van der Waals surface area contributed by atoms with Gasteiger partial charge < -0.3 is 4.74 Å². The number of carbonyl (C=O) groups is 1. The lowest BCUT2D eigenvalue weighted by atomic mass is 10.1. The molecule has 1 aromatic rings. The first-order valence-corrected chi connectivity index (χ1v) is 5.45. The molecule has 1 aromatic heterocycles. The first-order chi connectivity index (χ1) is 7.52. The third kappa shape index (κ3) is 2.49. The summed E-state index contributed by atoms with van der Waals surface area (Å²) in [5, 5.41) is 0. The summed E-state index contributed by atoms with van der Waals surface area (Å²) in [6.07, 6.45) is -1.67. The van der Waals surface area contributed by atoms with Crippen LogP contribution in [-0.4, -0.2) is 18.1 Å². The van der Waals surface area contributed by atoms with Crippen LogP contribution in [0, 0.1) is 0 Å². The smallest absolute Gasteiger partial charge is 0.340 e. The molecule has 0 radical (unpaired) electrons. The van der Waals surface area contributed by atoms with E-state index in [2.05, 4.69) is 25.7 Å². The fourth-order valence-electron chi connectivity index (χ4n) is 1.17. The summed E-state index contributed by atoms with van der Waals surface area (Å²) in [6.45, 7) is 0. The van der Waals surface area contributed by atoms with Gasteiger partial charge in [-0.25, -0.2) is 13.6 Å². The molecule has 0 aromatic carbocycles. The Kier molecular flexibility index (Phi) is 4.61. The second-order valence-corrected chi connectivity index (χ2v) is 3.89. The number of pyridine rings is 1. The Bertz CT molecular complexity index is 415. The van der Waals surface area contributed by atoms with Gasteiger partial charge in [-0.1, -0.05) is 0 Å². The van der Waals surface area contributed by atoms with Gasteiger partial charge in [-0.15, -0.1) is 11.6 Å². The van der Waals surface area contributed by atoms with Gasteiger partial charge in [-0.05, 0) is 21.5 Å². The molecule has 0 bridgehead atoms. The average molecular weight is 315 g/mol. The number of esters is 1. The minimum atomic E-state index is -2.86. The SMILES string of the molecule is COC(=O)c1c(C(F)F)ncc(Br)c1CCl. The predicted molar refractivity (Wildman–Crippen MR) is 57.8 cm³/mol. The van der Waals surface area contributed by atoms with E-state index in [1.807, 2.05) is 0 Å². The number of aromatic nitrogens is 1. The highest BCUT2D eigenvalue weighted by Gasteiger charge is 2.25. The lowest BCUT2D eigenvalue weighted by Crippen LogP contribution is -2.12. The van der Waals surface area contributed by atoms with Crippen molar-refractivity contribution in [2.75, 3.05) is 7.11 Å². The van der Waals surface area contributed by atoms with Crippen LogP contribution in [0.15, 0.2) is 10.7 Å². The van der Waals surface area contributed by atoms with E-state index in [4.69, 9.17) is 11.6 Å². The van der Waals surface area contributed by atoms with Gasteiger partial charge in [0.05, 0.1) is 12.7 Å². The molecule has 88 valence electrons. The van der Waals surface area contributed by atoms with Crippen LogP contribution in [-0.2, 0) is 10.6 Å². The highest BCUT2D eigenvalue weighted by Crippen LogP contribution is 2.29. The highest BCUT2D eigenvalue weighted by molar-refractivity contribution is 9.10. The number of carbonyl (C=O) groups excluding carboxylic acids is 1. The molecule has 0 saturated carbocycles. The average Bonchev–Trinajstić information content (AvgIpc) is 2.27. The largest absolute Gasteiger partial charge is 0.465 e. The van der Waals surface area contributed by atoms with E-state index in [0.717, 1.165) is 7.11 Å². The monoisotopic (exact) mass is 313 g/mol. The molecule has 0 aliphatic heterocycles. The van der Waals surface area contributed by atoms with Crippen LogP contribution in [0.5, 0.6) is 0 Å². The van der Waals surface area contributed by atoms with Crippen molar-refractivity contribution in [1.82, 2.24) is 4.98 Å². The molecule has 0 unspecified atom stereocenters. The number of halogens is 4. The third-order valence-corrected chi connectivity index (χ3v) is 2.84. The lowest BCUT2D eigenvalue weighted by Gasteiger charge is -2.11. The number of alkyl halides is 3. The number of hydrogen-bond donors (Lipinski definition) is 0. The molecule has 0 amide bonds. The fraction of sp³-hybridized carbons (Fsp3) is 0.333. The zero-order chi connectivity index (χ0) is 12.3. The van der Waals surface area contributed by atoms with E-state index < -0.39 is 18.1 Å². The number of ether oxygens (including phenoxy) is 1. The van der Waals surface area contributed by atoms with Gasteiger partial charge in [0.25, 0.3) is 6.43 Å². The molecular weight excluding hydrogens is 307 g/mol. The number of methoxy groups -OCH3 is 1. The Morgan fingerprint density at radius 1 is 1.69 bits per heavy atom. The Labute approximate surface area is 104 Å². The maximum absolute atomic E-state index is 12.6. The zero-order valence-electron chi connectivity index (χ0n) is 8.14. The summed E-state index contributed by atoms with van der Waals surface area (Å²) in [6, 6.07) is 0. The molecule has 0 fully saturated rings. The first-order valence-electron chi connectivity index (χ1n) is 4.12. The lowest BCUT2D eigenvalue weighted by molar-refractivity contribution is 0.0586. The van der Waals surface area contributed by atoms with Crippen LogP contribution in [0.4, 0.5) is 8.78 Å². The molecule has 0 N–H and O–H groups in total. The molecule has 0 spiro atoms. The Balaban J connectivity index is 3.47. The summed E-state index contributed by atoms with van der Waals surface area (Å²) in [4.78, 5) is 14.9. The van der Waals surface area contributed by atoms with Gasteiger partial charge in [0.1, 0.15) is 5.69 Å². The number of nitrogens with zero attached hydrogens (tertiary/aromatic N) is 1. The van der Waals surface area contributed by atoms with Crippen molar-refractivity contribution >= 4 is 33.5 Å². The van der Waals surface area contributed by atoms with E-state index in [-0.39, 0.29) is 17.0 Å². The molecule has 7 heteroatoms. The Morgan fingerprint density at radius 2 is 2.31 bits per heavy atom. The van der Waals surface area contributed by atoms with Crippen LogP contribution in [0.1, 0.15) is 28.0 Å². The molecule has 0 atom stereocenters. The summed E-state index contributed by atoms with van der Waals surface area (Å²) >= 11 is 8.69. The van der Waals surface area contributed by atoms with Gasteiger partial charge in [-0.3, -0.25) is 4.98 Å². The molecule has 1 heterocycles. The van der Waals surface area contributed by atoms with E-state index in [1.165, 1.54) is 6.20 Å². The van der Waals surface area contributed by atoms with E-state index in [0.29, 0.717) is 4.47 Å². The van der Waals surface area contributed by atoms with Crippen molar-refractivity contribution in [3.63, 3.8) is 0 Å². The highest BCUT2D eigenvalue weighted by atomic mass is 79.9. The van der Waals surface area contributed by atoms with Crippen molar-refractivity contribution in [3.8, 4) is 0 Å². The number of rotatable bonds is 3. The Morgan fingerprint density at radius 3 is 2.75 bits per heavy atom. The first kappa shape index (κ1) is 13.3. The molecule has 1 rings (SSSR count). The van der Waals surface area contributed by atoms with Gasteiger partial charge in [0.2, 0.25) is 0 Å². The molecule has 0 saturated heterocycles. The summed E-state index contributed by atoms with van der Waals surface area (Å²) in [5.41, 5.74) is -0.647. The van der Waals surface area contributed by atoms with Crippen molar-refractivity contribution in [2.45, 2.75) is 12.3 Å². The standard InChI is InChI=1S/C9H7BrClF2NO2/c1-16-9(15)6-4(2-11)5(10)3-14-7(6)8(12)13/h3,8H,2H2,1H3. The van der Waals surface area contributed by atoms with Gasteiger partial charge in [0.15, 0.2) is 0 Å². The molecular formula is C9H7BrClF2NO2. The second-order valence-electron chi connectivity index (χ2n) is 2.77. The van der Waals surface area contributed by atoms with Gasteiger partial charge >= 0.3 is 5.97 Å². The minimum Gasteiger partial charge on any atom is -0.465 e. The maximum Gasteiger partial charge on any atom is 0.340 e. The Hall–Kier alpha value is -0.750. The second kappa shape index (κ2) is 5.54. The maximum atomic E-state index is 12.6. The normalized spacial score (nSPS) is 10.6. The zero-order valence-corrected chi connectivity index (χ0v) is 10.5. The molecule has 0 aliphatic rings. The molecule has 0 aliphatic carbocycles. The topological polar surface area (TPSA) is 39.2 Å². The predicted octanol–water partition coefficient (Wildman–Crippen LogP) is 3.31. The van der Waals surface area contributed by atoms with Crippen molar-refractivity contribution < 1.29 is 18.3 Å². The van der Waals surface area contributed by atoms with Gasteiger partial charge in [0, 0.05) is 16.5 Å². The quantitative estimate of drug-likeness (QED) is 0.635. The van der Waals surface area contributed by atoms with Crippen LogP contribution >= 0.6 is 27.5 Å². The van der Waals surface area contributed by atoms with Crippen molar-refractivity contribution in [1.29, 1.82) is 0 Å². The van der Waals surface area contributed by atoms with E-state index in [1.54, 1.807) is 0 Å². The van der Waals surface area contributed by atoms with E-state index in [9.17, 15) is 13.6 Å². The van der Waals surface area contributed by atoms with Gasteiger partial charge in [-0.2, -0.15) is 0 Å². The van der Waals surface area contributed by atoms with E-state index >= 15 is 0 Å². The summed E-state index contributed by atoms with van der Waals surface area (Å²) in [5.74, 6) is -0.965. The third-order valence-electron chi connectivity index (χ3n) is 1.89. The number of hydrogen-bond acceptors (Lipinski definition) is 3. The molecule has 3 nitrogen and oxygen atoms in total. The summed E-state index contributed by atoms with van der Waals surface area (Å²) < 4.78 is 30.1. The van der Waals surface area contributed by atoms with Crippen molar-refractivity contribution in [2.24, 2.45) is 0 Å². The van der Waals surface area contributed by atoms with Crippen molar-refractivity contribution in [3.05, 3.63) is 27.5 Å².